The maximum atomic E-state index is 13.3. The van der Waals surface area contributed by atoms with Gasteiger partial charge in [-0.25, -0.2) is 0 Å². The summed E-state index contributed by atoms with van der Waals surface area (Å²) >= 11 is 2.37. The minimum atomic E-state index is -4.62. The second-order valence-electron chi connectivity index (χ2n) is 8.17. The molecule has 0 bridgehead atoms. The first-order valence-corrected chi connectivity index (χ1v) is 13.2. The lowest BCUT2D eigenvalue weighted by Gasteiger charge is -2.29. The Labute approximate surface area is 225 Å². The summed E-state index contributed by atoms with van der Waals surface area (Å²) in [6.07, 6.45) is -4.62. The van der Waals surface area contributed by atoms with Crippen LogP contribution in [0.3, 0.4) is 0 Å². The maximum absolute atomic E-state index is 13.3. The van der Waals surface area contributed by atoms with Crippen LogP contribution in [-0.2, 0) is 15.8 Å². The van der Waals surface area contributed by atoms with Crippen LogP contribution in [0.15, 0.2) is 94.0 Å². The predicted molar refractivity (Wildman–Crippen MR) is 143 cm³/mol. The number of carbonyl (C=O) groups excluding carboxylic acids is 2. The molecule has 4 rings (SSSR count). The van der Waals surface area contributed by atoms with Gasteiger partial charge in [-0.15, -0.1) is 11.3 Å². The first-order valence-electron chi connectivity index (χ1n) is 11.3. The number of hydrogen-bond acceptors (Lipinski definition) is 6. The molecule has 2 heterocycles. The summed E-state index contributed by atoms with van der Waals surface area (Å²) in [4.78, 5) is 26.7. The van der Waals surface area contributed by atoms with Crippen molar-refractivity contribution in [3.63, 3.8) is 0 Å². The molecular weight excluding hydrogens is 533 g/mol. The van der Waals surface area contributed by atoms with Crippen molar-refractivity contribution in [2.75, 3.05) is 16.4 Å². The third-order valence-electron chi connectivity index (χ3n) is 5.61. The molecule has 0 spiro atoms. The molecule has 1 atom stereocenters. The molecule has 6 nitrogen and oxygen atoms in total. The number of amides is 2. The monoisotopic (exact) mass is 554 g/mol. The van der Waals surface area contributed by atoms with Crippen molar-refractivity contribution in [2.45, 2.75) is 19.0 Å². The zero-order valence-electron chi connectivity index (χ0n) is 19.9. The molecule has 0 unspecified atom stereocenters. The number of anilines is 2. The highest BCUT2D eigenvalue weighted by Crippen LogP contribution is 2.42. The third kappa shape index (κ3) is 6.10. The SMILES string of the molecule is CC1=C(C(=O)Nc2ccccc2)[C@H](c2cccs2)C(C#N)=C(SCC(=O)Nc2ccccc2C(F)(F)F)N1. The van der Waals surface area contributed by atoms with Crippen molar-refractivity contribution >= 4 is 46.3 Å². The number of halogens is 3. The molecule has 2 aromatic carbocycles. The summed E-state index contributed by atoms with van der Waals surface area (Å²) in [5, 5.41) is 20.5. The van der Waals surface area contributed by atoms with Gasteiger partial charge in [0.2, 0.25) is 5.91 Å². The Morgan fingerprint density at radius 1 is 1.05 bits per heavy atom. The van der Waals surface area contributed by atoms with E-state index in [1.165, 1.54) is 29.5 Å². The summed E-state index contributed by atoms with van der Waals surface area (Å²) in [7, 11) is 0. The number of nitrogens with zero attached hydrogens (tertiary/aromatic N) is 1. The Morgan fingerprint density at radius 3 is 2.42 bits per heavy atom. The van der Waals surface area contributed by atoms with E-state index in [-0.39, 0.29) is 22.9 Å². The highest BCUT2D eigenvalue weighted by molar-refractivity contribution is 8.03. The highest BCUT2D eigenvalue weighted by atomic mass is 32.2. The van der Waals surface area contributed by atoms with Gasteiger partial charge in [0, 0.05) is 21.8 Å². The van der Waals surface area contributed by atoms with E-state index >= 15 is 0 Å². The molecule has 1 aliphatic rings. The largest absolute Gasteiger partial charge is 0.418 e. The fourth-order valence-electron chi connectivity index (χ4n) is 3.95. The lowest BCUT2D eigenvalue weighted by atomic mass is 9.86. The number of hydrogen-bond donors (Lipinski definition) is 3. The molecule has 3 aromatic rings. The second-order valence-corrected chi connectivity index (χ2v) is 10.1. The van der Waals surface area contributed by atoms with E-state index in [4.69, 9.17) is 0 Å². The van der Waals surface area contributed by atoms with Crippen LogP contribution in [0.4, 0.5) is 24.5 Å². The van der Waals surface area contributed by atoms with Gasteiger partial charge < -0.3 is 16.0 Å². The number of nitriles is 1. The van der Waals surface area contributed by atoms with E-state index in [0.717, 1.165) is 22.7 Å². The summed E-state index contributed by atoms with van der Waals surface area (Å²) in [5.74, 6) is -1.98. The molecule has 194 valence electrons. The second kappa shape index (κ2) is 11.6. The summed E-state index contributed by atoms with van der Waals surface area (Å²) < 4.78 is 39.9. The zero-order chi connectivity index (χ0) is 27.3. The molecular formula is C27H21F3N4O2S2. The zero-order valence-corrected chi connectivity index (χ0v) is 21.6. The fraction of sp³-hybridized carbons (Fsp3) is 0.148. The Kier molecular flexibility index (Phi) is 8.24. The van der Waals surface area contributed by atoms with Gasteiger partial charge in [-0.2, -0.15) is 18.4 Å². The van der Waals surface area contributed by atoms with Crippen molar-refractivity contribution < 1.29 is 22.8 Å². The molecule has 0 radical (unpaired) electrons. The predicted octanol–water partition coefficient (Wildman–Crippen LogP) is 6.47. The lowest BCUT2D eigenvalue weighted by Crippen LogP contribution is -2.30. The van der Waals surface area contributed by atoms with Gasteiger partial charge in [0.05, 0.1) is 39.6 Å². The Morgan fingerprint density at radius 2 is 1.76 bits per heavy atom. The number of para-hydroxylation sites is 2. The van der Waals surface area contributed by atoms with Gasteiger partial charge in [0.25, 0.3) is 5.91 Å². The Bertz CT molecular complexity index is 1440. The normalized spacial score (nSPS) is 15.5. The summed E-state index contributed by atoms with van der Waals surface area (Å²) in [6, 6.07) is 19.4. The minimum absolute atomic E-state index is 0.241. The van der Waals surface area contributed by atoms with Crippen LogP contribution < -0.4 is 16.0 Å². The van der Waals surface area contributed by atoms with Crippen LogP contribution in [0.5, 0.6) is 0 Å². The number of benzene rings is 2. The number of allylic oxidation sites excluding steroid dienone is 2. The van der Waals surface area contributed by atoms with E-state index < -0.39 is 23.6 Å². The van der Waals surface area contributed by atoms with Gasteiger partial charge in [-0.3, -0.25) is 9.59 Å². The van der Waals surface area contributed by atoms with Gasteiger partial charge in [0.1, 0.15) is 0 Å². The first-order chi connectivity index (χ1) is 18.2. The number of nitrogens with one attached hydrogen (secondary N) is 3. The lowest BCUT2D eigenvalue weighted by molar-refractivity contribution is -0.137. The molecule has 1 aliphatic heterocycles. The van der Waals surface area contributed by atoms with Crippen LogP contribution in [0.1, 0.15) is 23.3 Å². The van der Waals surface area contributed by atoms with Crippen molar-refractivity contribution in [2.24, 2.45) is 0 Å². The molecule has 1 aromatic heterocycles. The van der Waals surface area contributed by atoms with Crippen LogP contribution in [-0.4, -0.2) is 17.6 Å². The average molecular weight is 555 g/mol. The number of thiophene rings is 1. The number of rotatable bonds is 7. The van der Waals surface area contributed by atoms with E-state index in [1.54, 1.807) is 31.2 Å². The fourth-order valence-corrected chi connectivity index (χ4v) is 5.69. The van der Waals surface area contributed by atoms with E-state index in [9.17, 15) is 28.0 Å². The summed E-state index contributed by atoms with van der Waals surface area (Å²) in [6.45, 7) is 1.70. The summed E-state index contributed by atoms with van der Waals surface area (Å²) in [5.41, 5.74) is 0.411. The van der Waals surface area contributed by atoms with E-state index in [1.807, 2.05) is 23.6 Å². The molecule has 0 saturated carbocycles. The van der Waals surface area contributed by atoms with Crippen LogP contribution in [0, 0.1) is 11.3 Å². The van der Waals surface area contributed by atoms with Crippen molar-refractivity contribution in [3.8, 4) is 6.07 Å². The highest BCUT2D eigenvalue weighted by Gasteiger charge is 2.36. The average Bonchev–Trinajstić information content (AvgIpc) is 3.42. The molecule has 0 aliphatic carbocycles. The van der Waals surface area contributed by atoms with E-state index in [2.05, 4.69) is 22.0 Å². The maximum Gasteiger partial charge on any atom is 0.418 e. The quantitative estimate of drug-likeness (QED) is 0.311. The Balaban J connectivity index is 1.57. The minimum Gasteiger partial charge on any atom is -0.353 e. The molecule has 2 amide bonds. The van der Waals surface area contributed by atoms with E-state index in [0.29, 0.717) is 22.0 Å². The van der Waals surface area contributed by atoms with Crippen LogP contribution in [0.2, 0.25) is 0 Å². The third-order valence-corrected chi connectivity index (χ3v) is 7.56. The van der Waals surface area contributed by atoms with Crippen LogP contribution in [0.25, 0.3) is 0 Å². The Hall–Kier alpha value is -4.01. The van der Waals surface area contributed by atoms with Crippen molar-refractivity contribution in [1.82, 2.24) is 5.32 Å². The van der Waals surface area contributed by atoms with Gasteiger partial charge in [-0.05, 0) is 42.6 Å². The van der Waals surface area contributed by atoms with Gasteiger partial charge >= 0.3 is 6.18 Å². The van der Waals surface area contributed by atoms with Gasteiger partial charge in [0.15, 0.2) is 0 Å². The number of thioether (sulfide) groups is 1. The standard InChI is InChI=1S/C27H21F3N4O2S2/c1-16-23(25(36)33-17-8-3-2-4-9-17)24(21-12-7-13-37-21)18(14-31)26(32-16)38-15-22(35)34-20-11-6-5-10-19(20)27(28,29)30/h2-13,24,32H,15H2,1H3,(H,33,36)(H,34,35)/t24-/m0/s1. The van der Waals surface area contributed by atoms with Gasteiger partial charge in [-0.1, -0.05) is 48.2 Å². The smallest absolute Gasteiger partial charge is 0.353 e. The molecule has 0 fully saturated rings. The number of carbonyl (C=O) groups is 2. The topological polar surface area (TPSA) is 94.0 Å². The van der Waals surface area contributed by atoms with Crippen LogP contribution >= 0.6 is 23.1 Å². The number of alkyl halides is 3. The van der Waals surface area contributed by atoms with Crippen molar-refractivity contribution in [3.05, 3.63) is 104 Å². The number of dihydropyridines is 1. The molecule has 3 N–H and O–H groups in total. The molecule has 11 heteroatoms. The van der Waals surface area contributed by atoms with Crippen molar-refractivity contribution in [1.29, 1.82) is 5.26 Å². The molecule has 0 saturated heterocycles. The molecule has 38 heavy (non-hydrogen) atoms. The first kappa shape index (κ1) is 27.0.